The van der Waals surface area contributed by atoms with Crippen LogP contribution in [0.1, 0.15) is 19.5 Å². The van der Waals surface area contributed by atoms with Crippen LogP contribution in [0, 0.1) is 5.82 Å². The van der Waals surface area contributed by atoms with Crippen molar-refractivity contribution in [2.75, 3.05) is 19.7 Å². The van der Waals surface area contributed by atoms with Crippen molar-refractivity contribution in [1.29, 1.82) is 0 Å². The van der Waals surface area contributed by atoms with Gasteiger partial charge >= 0.3 is 0 Å². The van der Waals surface area contributed by atoms with Crippen molar-refractivity contribution in [3.8, 4) is 11.5 Å². The minimum absolute atomic E-state index is 0.00105. The molecule has 2 heterocycles. The number of carbonyl (C=O) groups excluding carboxylic acids is 1. The lowest BCUT2D eigenvalue weighted by Gasteiger charge is -2.47. The van der Waals surface area contributed by atoms with Crippen molar-refractivity contribution in [3.05, 3.63) is 42.0 Å². The smallest absolute Gasteiger partial charge is 0.228 e. The normalized spacial score (nSPS) is 16.2. The highest BCUT2D eigenvalue weighted by atomic mass is 19.1. The molecule has 1 fully saturated rings. The maximum Gasteiger partial charge on any atom is 0.228 e. The van der Waals surface area contributed by atoms with E-state index >= 15 is 0 Å². The van der Waals surface area contributed by atoms with Crippen LogP contribution in [-0.2, 0) is 16.0 Å². The average Bonchev–Trinajstić information content (AvgIpc) is 2.94. The lowest BCUT2D eigenvalue weighted by atomic mass is 9.96. The lowest BCUT2D eigenvalue weighted by Crippen LogP contribution is -2.63. The van der Waals surface area contributed by atoms with E-state index in [0.717, 1.165) is 0 Å². The first-order valence-electron chi connectivity index (χ1n) is 7.61. The summed E-state index contributed by atoms with van der Waals surface area (Å²) in [4.78, 5) is 18.3. The number of benzene rings is 1. The van der Waals surface area contributed by atoms with Gasteiger partial charge in [-0.2, -0.15) is 0 Å². The third-order valence-electron chi connectivity index (χ3n) is 3.87. The SMILES string of the molecule is CCOC1(C)CN(C(=O)Cc2coc(-c3ccc(F)cc3)n2)C1. The fourth-order valence-corrected chi connectivity index (χ4v) is 2.76. The number of ether oxygens (including phenoxy) is 1. The molecule has 3 rings (SSSR count). The molecule has 1 aromatic heterocycles. The maximum atomic E-state index is 12.9. The number of hydrogen-bond acceptors (Lipinski definition) is 4. The Bertz CT molecular complexity index is 690. The van der Waals surface area contributed by atoms with Gasteiger partial charge in [-0.05, 0) is 38.1 Å². The van der Waals surface area contributed by atoms with Crippen molar-refractivity contribution >= 4 is 5.91 Å². The number of carbonyl (C=O) groups is 1. The predicted molar refractivity (Wildman–Crippen MR) is 82.2 cm³/mol. The molecule has 0 N–H and O–H groups in total. The van der Waals surface area contributed by atoms with Gasteiger partial charge in [-0.1, -0.05) is 0 Å². The molecule has 1 aromatic carbocycles. The number of hydrogen-bond donors (Lipinski definition) is 0. The molecule has 0 saturated carbocycles. The Kier molecular flexibility index (Phi) is 4.17. The van der Waals surface area contributed by atoms with E-state index in [1.54, 1.807) is 17.0 Å². The molecule has 5 nitrogen and oxygen atoms in total. The van der Waals surface area contributed by atoms with E-state index in [1.165, 1.54) is 18.4 Å². The fraction of sp³-hybridized carbons (Fsp3) is 0.412. The monoisotopic (exact) mass is 318 g/mol. The van der Waals surface area contributed by atoms with Crippen molar-refractivity contribution in [2.24, 2.45) is 0 Å². The largest absolute Gasteiger partial charge is 0.444 e. The van der Waals surface area contributed by atoms with Gasteiger partial charge in [0.1, 0.15) is 17.7 Å². The first-order chi connectivity index (χ1) is 11.0. The third kappa shape index (κ3) is 3.42. The summed E-state index contributed by atoms with van der Waals surface area (Å²) in [6, 6.07) is 5.88. The summed E-state index contributed by atoms with van der Waals surface area (Å²) in [5, 5.41) is 0. The van der Waals surface area contributed by atoms with Crippen LogP contribution >= 0.6 is 0 Å². The van der Waals surface area contributed by atoms with Crippen LogP contribution in [0.3, 0.4) is 0 Å². The Morgan fingerprint density at radius 1 is 1.39 bits per heavy atom. The molecule has 1 saturated heterocycles. The molecule has 0 atom stereocenters. The van der Waals surface area contributed by atoms with Gasteiger partial charge < -0.3 is 14.1 Å². The van der Waals surface area contributed by atoms with Crippen molar-refractivity contribution in [1.82, 2.24) is 9.88 Å². The Morgan fingerprint density at radius 3 is 2.74 bits per heavy atom. The van der Waals surface area contributed by atoms with Crippen molar-refractivity contribution < 1.29 is 18.3 Å². The molecule has 0 aliphatic carbocycles. The number of amides is 1. The van der Waals surface area contributed by atoms with Crippen LogP contribution in [0.5, 0.6) is 0 Å². The second kappa shape index (κ2) is 6.12. The molecule has 1 aliphatic rings. The van der Waals surface area contributed by atoms with E-state index in [2.05, 4.69) is 4.98 Å². The zero-order valence-electron chi connectivity index (χ0n) is 13.2. The molecule has 6 heteroatoms. The molecule has 1 amide bonds. The molecule has 0 radical (unpaired) electrons. The second-order valence-corrected chi connectivity index (χ2v) is 5.96. The number of nitrogens with zero attached hydrogens (tertiary/aromatic N) is 2. The molecule has 0 spiro atoms. The van der Waals surface area contributed by atoms with E-state index in [1.807, 2.05) is 13.8 Å². The minimum atomic E-state index is -0.314. The van der Waals surface area contributed by atoms with Crippen LogP contribution in [-0.4, -0.2) is 41.1 Å². The van der Waals surface area contributed by atoms with Crippen molar-refractivity contribution in [3.63, 3.8) is 0 Å². The summed E-state index contributed by atoms with van der Waals surface area (Å²) in [6.07, 6.45) is 1.66. The highest BCUT2D eigenvalue weighted by Crippen LogP contribution is 2.25. The van der Waals surface area contributed by atoms with Gasteiger partial charge in [0.15, 0.2) is 0 Å². The van der Waals surface area contributed by atoms with Crippen LogP contribution in [0.2, 0.25) is 0 Å². The summed E-state index contributed by atoms with van der Waals surface area (Å²) in [5.41, 5.74) is 1.02. The average molecular weight is 318 g/mol. The Labute approximate surface area is 134 Å². The first kappa shape index (κ1) is 15.7. The Hall–Kier alpha value is -2.21. The first-order valence-corrected chi connectivity index (χ1v) is 7.61. The molecular formula is C17H19FN2O3. The Morgan fingerprint density at radius 2 is 2.09 bits per heavy atom. The van der Waals surface area contributed by atoms with Gasteiger partial charge in [-0.3, -0.25) is 4.79 Å². The van der Waals surface area contributed by atoms with Gasteiger partial charge in [0.2, 0.25) is 11.8 Å². The van der Waals surface area contributed by atoms with Gasteiger partial charge in [0, 0.05) is 12.2 Å². The predicted octanol–water partition coefficient (Wildman–Crippen LogP) is 2.66. The molecule has 0 unspecified atom stereocenters. The highest BCUT2D eigenvalue weighted by molar-refractivity contribution is 5.79. The molecular weight excluding hydrogens is 299 g/mol. The topological polar surface area (TPSA) is 55.6 Å². The van der Waals surface area contributed by atoms with Crippen LogP contribution in [0.15, 0.2) is 34.9 Å². The molecule has 2 aromatic rings. The second-order valence-electron chi connectivity index (χ2n) is 5.96. The van der Waals surface area contributed by atoms with E-state index in [0.29, 0.717) is 36.8 Å². The van der Waals surface area contributed by atoms with Crippen molar-refractivity contribution in [2.45, 2.75) is 25.9 Å². The third-order valence-corrected chi connectivity index (χ3v) is 3.87. The summed E-state index contributed by atoms with van der Waals surface area (Å²) >= 11 is 0. The number of oxazole rings is 1. The number of rotatable bonds is 5. The molecule has 23 heavy (non-hydrogen) atoms. The summed E-state index contributed by atoms with van der Waals surface area (Å²) < 4.78 is 23.9. The standard InChI is InChI=1S/C17H19FN2O3/c1-3-23-17(2)10-20(11-17)15(21)8-14-9-22-16(19-14)12-4-6-13(18)7-5-12/h4-7,9H,3,8,10-11H2,1-2H3. The van der Waals surface area contributed by atoms with Crippen LogP contribution in [0.25, 0.3) is 11.5 Å². The van der Waals surface area contributed by atoms with E-state index in [-0.39, 0.29) is 23.7 Å². The van der Waals surface area contributed by atoms with Crippen LogP contribution < -0.4 is 0 Å². The molecule has 1 aliphatic heterocycles. The van der Waals surface area contributed by atoms with Gasteiger partial charge in [0.25, 0.3) is 0 Å². The van der Waals surface area contributed by atoms with Gasteiger partial charge in [-0.25, -0.2) is 9.37 Å². The maximum absolute atomic E-state index is 12.9. The highest BCUT2D eigenvalue weighted by Gasteiger charge is 2.41. The van der Waals surface area contributed by atoms with E-state index in [4.69, 9.17) is 9.15 Å². The summed E-state index contributed by atoms with van der Waals surface area (Å²) in [6.45, 7) is 5.79. The van der Waals surface area contributed by atoms with E-state index < -0.39 is 0 Å². The Balaban J connectivity index is 1.59. The summed E-state index contributed by atoms with van der Waals surface area (Å²) in [5.74, 6) is 0.0718. The number of halogens is 1. The molecule has 0 bridgehead atoms. The number of aromatic nitrogens is 1. The van der Waals surface area contributed by atoms with Crippen LogP contribution in [0.4, 0.5) is 4.39 Å². The lowest BCUT2D eigenvalue weighted by molar-refractivity contribution is -0.162. The fourth-order valence-electron chi connectivity index (χ4n) is 2.76. The zero-order valence-corrected chi connectivity index (χ0v) is 13.2. The van der Waals surface area contributed by atoms with Gasteiger partial charge in [0.05, 0.1) is 25.2 Å². The van der Waals surface area contributed by atoms with Gasteiger partial charge in [-0.15, -0.1) is 0 Å². The number of likely N-dealkylation sites (tertiary alicyclic amines) is 1. The van der Waals surface area contributed by atoms with E-state index in [9.17, 15) is 9.18 Å². The summed E-state index contributed by atoms with van der Waals surface area (Å²) in [7, 11) is 0. The minimum Gasteiger partial charge on any atom is -0.444 e. The molecule has 122 valence electrons. The zero-order chi connectivity index (χ0) is 16.4. The quantitative estimate of drug-likeness (QED) is 0.850.